The number of nitrogens with zero attached hydrogens (tertiary/aromatic N) is 1. The van der Waals surface area contributed by atoms with Crippen molar-refractivity contribution in [3.05, 3.63) is 29.8 Å². The summed E-state index contributed by atoms with van der Waals surface area (Å²) in [5.41, 5.74) is 1.91. The Hall–Kier alpha value is -0.870. The normalized spacial score (nSPS) is 12.5. The molecule has 0 saturated carbocycles. The molecule has 72 valence electrons. The van der Waals surface area contributed by atoms with Crippen LogP contribution in [-0.2, 0) is 11.3 Å². The Balaban J connectivity index is 2.92. The zero-order chi connectivity index (χ0) is 9.84. The van der Waals surface area contributed by atoms with E-state index in [1.165, 1.54) is 4.31 Å². The van der Waals surface area contributed by atoms with Crippen LogP contribution in [0, 0.1) is 6.92 Å². The lowest BCUT2D eigenvalue weighted by molar-refractivity contribution is 0.560. The summed E-state index contributed by atoms with van der Waals surface area (Å²) < 4.78 is 21.2. The van der Waals surface area contributed by atoms with Gasteiger partial charge in [-0.1, -0.05) is 17.7 Å². The molecule has 1 rings (SSSR count). The molecule has 0 bridgehead atoms. The van der Waals surface area contributed by atoms with Crippen molar-refractivity contribution in [2.24, 2.45) is 0 Å². The van der Waals surface area contributed by atoms with E-state index in [1.807, 2.05) is 38.1 Å². The fourth-order valence-corrected chi connectivity index (χ4v) is 1.62. The van der Waals surface area contributed by atoms with Crippen LogP contribution in [-0.4, -0.2) is 15.3 Å². The van der Waals surface area contributed by atoms with Gasteiger partial charge in [-0.05, 0) is 26.0 Å². The summed E-state index contributed by atoms with van der Waals surface area (Å²) in [7, 11) is 0. The van der Waals surface area contributed by atoms with Crippen molar-refractivity contribution in [2.75, 3.05) is 10.8 Å². The highest BCUT2D eigenvalue weighted by Gasteiger charge is 2.08. The number of aryl methyl sites for hydroxylation is 1. The van der Waals surface area contributed by atoms with Gasteiger partial charge in [0.1, 0.15) is 0 Å². The molecule has 3 nitrogen and oxygen atoms in total. The lowest BCUT2D eigenvalue weighted by Gasteiger charge is -2.17. The Morgan fingerprint density at radius 3 is 2.31 bits per heavy atom. The van der Waals surface area contributed by atoms with Crippen molar-refractivity contribution >= 4 is 17.0 Å². The van der Waals surface area contributed by atoms with Crippen LogP contribution < -0.4 is 4.31 Å². The molecule has 13 heavy (non-hydrogen) atoms. The molecule has 0 amide bonds. The van der Waals surface area contributed by atoms with Crippen LogP contribution in [0.2, 0.25) is 0 Å². The van der Waals surface area contributed by atoms with Gasteiger partial charge in [0, 0.05) is 6.54 Å². The second kappa shape index (κ2) is 4.39. The Bertz CT molecular complexity index is 297. The van der Waals surface area contributed by atoms with Gasteiger partial charge in [-0.2, -0.15) is 0 Å². The minimum absolute atomic E-state index is 0.520. The standard InChI is InChI=1S/C9H13NO2S/c1-3-10(13(11)12)9-6-4-8(2)5-7-9/h4-7H,3H2,1-2H3,(H,11,12). The van der Waals surface area contributed by atoms with Gasteiger partial charge in [0.05, 0.1) is 5.69 Å². The molecule has 1 unspecified atom stereocenters. The maximum Gasteiger partial charge on any atom is 0.261 e. The molecule has 0 saturated heterocycles. The van der Waals surface area contributed by atoms with Crippen LogP contribution in [0.3, 0.4) is 0 Å². The molecule has 0 radical (unpaired) electrons. The van der Waals surface area contributed by atoms with Gasteiger partial charge in [-0.3, -0.25) is 8.86 Å². The monoisotopic (exact) mass is 199 g/mol. The summed E-state index contributed by atoms with van der Waals surface area (Å²) >= 11 is -1.93. The van der Waals surface area contributed by atoms with E-state index in [2.05, 4.69) is 0 Å². The van der Waals surface area contributed by atoms with E-state index in [-0.39, 0.29) is 0 Å². The zero-order valence-electron chi connectivity index (χ0n) is 7.73. The molecule has 1 atom stereocenters. The molecule has 0 aliphatic rings. The van der Waals surface area contributed by atoms with E-state index in [0.29, 0.717) is 6.54 Å². The third kappa shape index (κ3) is 2.54. The largest absolute Gasteiger partial charge is 0.289 e. The van der Waals surface area contributed by atoms with E-state index >= 15 is 0 Å². The molecule has 4 heteroatoms. The molecule has 1 aromatic rings. The first-order valence-corrected chi connectivity index (χ1v) is 5.16. The van der Waals surface area contributed by atoms with Crippen molar-refractivity contribution in [1.29, 1.82) is 0 Å². The molecule has 0 aromatic heterocycles. The fraction of sp³-hybridized carbons (Fsp3) is 0.333. The van der Waals surface area contributed by atoms with Crippen LogP contribution in [0.5, 0.6) is 0 Å². The van der Waals surface area contributed by atoms with Crippen molar-refractivity contribution < 1.29 is 8.76 Å². The maximum absolute atomic E-state index is 10.9. The predicted molar refractivity (Wildman–Crippen MR) is 55.0 cm³/mol. The second-order valence-electron chi connectivity index (χ2n) is 2.76. The van der Waals surface area contributed by atoms with Gasteiger partial charge in [-0.25, -0.2) is 4.21 Å². The number of hydrogen-bond acceptors (Lipinski definition) is 1. The first-order chi connectivity index (χ1) is 6.15. The first kappa shape index (κ1) is 10.2. The third-order valence-corrected chi connectivity index (χ3v) is 2.64. The third-order valence-electron chi connectivity index (χ3n) is 1.80. The smallest absolute Gasteiger partial charge is 0.261 e. The minimum atomic E-state index is -1.93. The molecule has 0 heterocycles. The molecule has 0 spiro atoms. The van der Waals surface area contributed by atoms with Gasteiger partial charge in [0.2, 0.25) is 0 Å². The van der Waals surface area contributed by atoms with Crippen molar-refractivity contribution in [1.82, 2.24) is 0 Å². The summed E-state index contributed by atoms with van der Waals surface area (Å²) in [5, 5.41) is 0. The number of hydrogen-bond donors (Lipinski definition) is 1. The number of rotatable bonds is 3. The predicted octanol–water partition coefficient (Wildman–Crippen LogP) is 1.96. The van der Waals surface area contributed by atoms with Gasteiger partial charge in [0.15, 0.2) is 0 Å². The van der Waals surface area contributed by atoms with E-state index in [0.717, 1.165) is 11.3 Å². The summed E-state index contributed by atoms with van der Waals surface area (Å²) in [5.74, 6) is 0. The highest BCUT2D eigenvalue weighted by molar-refractivity contribution is 7.80. The molecule has 0 aliphatic carbocycles. The SMILES string of the molecule is CCN(c1ccc(C)cc1)S(=O)O. The quantitative estimate of drug-likeness (QED) is 0.756. The lowest BCUT2D eigenvalue weighted by Crippen LogP contribution is -2.24. The van der Waals surface area contributed by atoms with Gasteiger partial charge in [0.25, 0.3) is 11.3 Å². The summed E-state index contributed by atoms with van der Waals surface area (Å²) in [4.78, 5) is 0. The fourth-order valence-electron chi connectivity index (χ4n) is 1.09. The van der Waals surface area contributed by atoms with Crippen LogP contribution in [0.15, 0.2) is 24.3 Å². The van der Waals surface area contributed by atoms with Gasteiger partial charge < -0.3 is 0 Å². The lowest BCUT2D eigenvalue weighted by atomic mass is 10.2. The van der Waals surface area contributed by atoms with Crippen molar-refractivity contribution in [3.63, 3.8) is 0 Å². The Labute approximate surface area is 80.8 Å². The van der Waals surface area contributed by atoms with Crippen LogP contribution in [0.25, 0.3) is 0 Å². The average Bonchev–Trinajstić information content (AvgIpc) is 2.09. The zero-order valence-corrected chi connectivity index (χ0v) is 8.54. The Kier molecular flexibility index (Phi) is 3.45. The van der Waals surface area contributed by atoms with Crippen molar-refractivity contribution in [2.45, 2.75) is 13.8 Å². The minimum Gasteiger partial charge on any atom is -0.289 e. The molecule has 0 aliphatic heterocycles. The summed E-state index contributed by atoms with van der Waals surface area (Å²) in [6.45, 7) is 4.34. The average molecular weight is 199 g/mol. The molecule has 1 aromatic carbocycles. The number of benzene rings is 1. The molecular weight excluding hydrogens is 186 g/mol. The Morgan fingerprint density at radius 2 is 1.92 bits per heavy atom. The first-order valence-electron chi connectivity index (χ1n) is 4.10. The molecule has 1 N–H and O–H groups in total. The highest BCUT2D eigenvalue weighted by atomic mass is 32.2. The summed E-state index contributed by atoms with van der Waals surface area (Å²) in [6.07, 6.45) is 0. The Morgan fingerprint density at radius 1 is 1.38 bits per heavy atom. The van der Waals surface area contributed by atoms with E-state index in [1.54, 1.807) is 0 Å². The van der Waals surface area contributed by atoms with E-state index in [9.17, 15) is 4.21 Å². The number of anilines is 1. The van der Waals surface area contributed by atoms with Crippen molar-refractivity contribution in [3.8, 4) is 0 Å². The van der Waals surface area contributed by atoms with Crippen LogP contribution in [0.1, 0.15) is 12.5 Å². The van der Waals surface area contributed by atoms with Crippen LogP contribution >= 0.6 is 0 Å². The van der Waals surface area contributed by atoms with Crippen LogP contribution in [0.4, 0.5) is 5.69 Å². The molecular formula is C9H13NO2S. The van der Waals surface area contributed by atoms with Gasteiger partial charge >= 0.3 is 0 Å². The second-order valence-corrected chi connectivity index (χ2v) is 3.66. The topological polar surface area (TPSA) is 40.5 Å². The van der Waals surface area contributed by atoms with E-state index in [4.69, 9.17) is 4.55 Å². The molecule has 0 fully saturated rings. The highest BCUT2D eigenvalue weighted by Crippen LogP contribution is 2.15. The maximum atomic E-state index is 10.9. The summed E-state index contributed by atoms with van der Waals surface area (Å²) in [6, 6.07) is 7.52. The van der Waals surface area contributed by atoms with E-state index < -0.39 is 11.3 Å². The van der Waals surface area contributed by atoms with Gasteiger partial charge in [-0.15, -0.1) is 0 Å².